The van der Waals surface area contributed by atoms with E-state index in [9.17, 15) is 9.59 Å². The molecule has 3 rings (SSSR count). The number of rotatable bonds is 6. The van der Waals surface area contributed by atoms with Crippen LogP contribution in [0.1, 0.15) is 16.7 Å². The Labute approximate surface area is 161 Å². The molecular formula is C22H27N3O2. The molecule has 0 aromatic heterocycles. The van der Waals surface area contributed by atoms with E-state index in [2.05, 4.69) is 41.4 Å². The van der Waals surface area contributed by atoms with E-state index in [-0.39, 0.29) is 18.4 Å². The second-order valence-electron chi connectivity index (χ2n) is 7.02. The fraction of sp³-hybridized carbons (Fsp3) is 0.364. The number of carbonyl (C=O) groups is 2. The van der Waals surface area contributed by atoms with Gasteiger partial charge in [0, 0.05) is 32.7 Å². The molecule has 0 spiro atoms. The predicted molar refractivity (Wildman–Crippen MR) is 106 cm³/mol. The lowest BCUT2D eigenvalue weighted by Crippen LogP contribution is -2.51. The number of amides is 2. The third-order valence-corrected chi connectivity index (χ3v) is 5.02. The molecule has 0 radical (unpaired) electrons. The van der Waals surface area contributed by atoms with Gasteiger partial charge in [0.25, 0.3) is 0 Å². The summed E-state index contributed by atoms with van der Waals surface area (Å²) in [4.78, 5) is 28.6. The summed E-state index contributed by atoms with van der Waals surface area (Å²) in [6, 6.07) is 18.0. The van der Waals surface area contributed by atoms with Crippen molar-refractivity contribution in [2.24, 2.45) is 0 Å². The van der Waals surface area contributed by atoms with Crippen LogP contribution < -0.4 is 5.32 Å². The number of aryl methyl sites for hydroxylation is 1. The standard InChI is InChI=1S/C22H27N3O2/c1-18-7-5-6-10-20(18)17-24-11-13-25(14-12-24)22(27)16-23-21(26)15-19-8-3-2-4-9-19/h2-10H,11-17H2,1H3,(H,23,26). The van der Waals surface area contributed by atoms with Crippen LogP contribution in [0.4, 0.5) is 0 Å². The maximum atomic E-state index is 12.4. The lowest BCUT2D eigenvalue weighted by molar-refractivity contribution is -0.134. The van der Waals surface area contributed by atoms with E-state index in [4.69, 9.17) is 0 Å². The summed E-state index contributed by atoms with van der Waals surface area (Å²) >= 11 is 0. The minimum absolute atomic E-state index is 0.00745. The normalized spacial score (nSPS) is 14.8. The van der Waals surface area contributed by atoms with Crippen LogP contribution in [0.2, 0.25) is 0 Å². The number of hydrogen-bond acceptors (Lipinski definition) is 3. The molecule has 27 heavy (non-hydrogen) atoms. The van der Waals surface area contributed by atoms with Crippen LogP contribution in [0, 0.1) is 6.92 Å². The quantitative estimate of drug-likeness (QED) is 0.852. The van der Waals surface area contributed by atoms with Gasteiger partial charge in [0.2, 0.25) is 11.8 Å². The van der Waals surface area contributed by atoms with Crippen molar-refractivity contribution in [3.63, 3.8) is 0 Å². The van der Waals surface area contributed by atoms with Crippen LogP contribution in [-0.4, -0.2) is 54.3 Å². The Balaban J connectivity index is 1.39. The van der Waals surface area contributed by atoms with Crippen molar-refractivity contribution in [2.45, 2.75) is 19.9 Å². The van der Waals surface area contributed by atoms with Crippen LogP contribution in [0.5, 0.6) is 0 Å². The molecule has 0 aliphatic carbocycles. The first-order valence-corrected chi connectivity index (χ1v) is 9.47. The van der Waals surface area contributed by atoms with Gasteiger partial charge >= 0.3 is 0 Å². The SMILES string of the molecule is Cc1ccccc1CN1CCN(C(=O)CNC(=O)Cc2ccccc2)CC1. The average Bonchev–Trinajstić information content (AvgIpc) is 2.69. The van der Waals surface area contributed by atoms with Crippen LogP contribution >= 0.6 is 0 Å². The maximum Gasteiger partial charge on any atom is 0.242 e. The van der Waals surface area contributed by atoms with Crippen molar-refractivity contribution in [3.05, 3.63) is 71.3 Å². The zero-order chi connectivity index (χ0) is 19.1. The number of benzene rings is 2. The Bertz CT molecular complexity index is 768. The van der Waals surface area contributed by atoms with Gasteiger partial charge in [-0.25, -0.2) is 0 Å². The van der Waals surface area contributed by atoms with Gasteiger partial charge in [-0.2, -0.15) is 0 Å². The van der Waals surface area contributed by atoms with Gasteiger partial charge in [-0.1, -0.05) is 54.6 Å². The third-order valence-electron chi connectivity index (χ3n) is 5.02. The molecule has 2 aromatic rings. The minimum atomic E-state index is -0.118. The summed E-state index contributed by atoms with van der Waals surface area (Å²) in [5, 5.41) is 2.74. The third kappa shape index (κ3) is 5.66. The van der Waals surface area contributed by atoms with Crippen LogP contribution in [0.25, 0.3) is 0 Å². The molecule has 1 aliphatic heterocycles. The van der Waals surface area contributed by atoms with Crippen molar-refractivity contribution >= 4 is 11.8 Å². The molecule has 2 amide bonds. The number of carbonyl (C=O) groups excluding carboxylic acids is 2. The smallest absolute Gasteiger partial charge is 0.242 e. The Hall–Kier alpha value is -2.66. The van der Waals surface area contributed by atoms with Crippen molar-refractivity contribution < 1.29 is 9.59 Å². The van der Waals surface area contributed by atoms with E-state index >= 15 is 0 Å². The first kappa shape index (κ1) is 19.1. The molecule has 142 valence electrons. The van der Waals surface area contributed by atoms with Gasteiger partial charge in [0.15, 0.2) is 0 Å². The molecule has 2 aromatic carbocycles. The molecule has 1 N–H and O–H groups in total. The summed E-state index contributed by atoms with van der Waals surface area (Å²) < 4.78 is 0. The van der Waals surface area contributed by atoms with E-state index in [0.717, 1.165) is 25.2 Å². The lowest BCUT2D eigenvalue weighted by atomic mass is 10.1. The Morgan fingerprint density at radius 2 is 1.59 bits per heavy atom. The summed E-state index contributed by atoms with van der Waals surface area (Å²) in [5.41, 5.74) is 3.59. The van der Waals surface area contributed by atoms with Crippen LogP contribution in [0.3, 0.4) is 0 Å². The molecule has 0 bridgehead atoms. The van der Waals surface area contributed by atoms with E-state index in [1.807, 2.05) is 35.2 Å². The van der Waals surface area contributed by atoms with Gasteiger partial charge in [0.1, 0.15) is 0 Å². The topological polar surface area (TPSA) is 52.6 Å². The molecule has 1 saturated heterocycles. The fourth-order valence-corrected chi connectivity index (χ4v) is 3.31. The number of piperazine rings is 1. The zero-order valence-corrected chi connectivity index (χ0v) is 15.9. The minimum Gasteiger partial charge on any atom is -0.347 e. The largest absolute Gasteiger partial charge is 0.347 e. The molecule has 1 aliphatic rings. The highest BCUT2D eigenvalue weighted by Gasteiger charge is 2.21. The summed E-state index contributed by atoms with van der Waals surface area (Å²) in [6.07, 6.45) is 0.304. The van der Waals surface area contributed by atoms with E-state index < -0.39 is 0 Å². The predicted octanol–water partition coefficient (Wildman–Crippen LogP) is 2.00. The van der Waals surface area contributed by atoms with Crippen molar-refractivity contribution in [2.75, 3.05) is 32.7 Å². The van der Waals surface area contributed by atoms with Gasteiger partial charge in [-0.05, 0) is 23.6 Å². The van der Waals surface area contributed by atoms with E-state index in [1.54, 1.807) is 0 Å². The Morgan fingerprint density at radius 1 is 0.926 bits per heavy atom. The fourth-order valence-electron chi connectivity index (χ4n) is 3.31. The molecule has 5 heteroatoms. The lowest BCUT2D eigenvalue weighted by Gasteiger charge is -2.35. The van der Waals surface area contributed by atoms with Crippen molar-refractivity contribution in [3.8, 4) is 0 Å². The van der Waals surface area contributed by atoms with Crippen LogP contribution in [-0.2, 0) is 22.6 Å². The van der Waals surface area contributed by atoms with E-state index in [1.165, 1.54) is 11.1 Å². The molecule has 0 unspecified atom stereocenters. The first-order chi connectivity index (χ1) is 13.1. The molecule has 1 fully saturated rings. The van der Waals surface area contributed by atoms with E-state index in [0.29, 0.717) is 19.5 Å². The first-order valence-electron chi connectivity index (χ1n) is 9.47. The highest BCUT2D eigenvalue weighted by Crippen LogP contribution is 2.12. The second-order valence-corrected chi connectivity index (χ2v) is 7.02. The summed E-state index contributed by atoms with van der Waals surface area (Å²) in [5.74, 6) is -0.125. The Kier molecular flexibility index (Phi) is 6.60. The van der Waals surface area contributed by atoms with Gasteiger partial charge in [-0.15, -0.1) is 0 Å². The molecule has 5 nitrogen and oxygen atoms in total. The molecular weight excluding hydrogens is 338 g/mol. The maximum absolute atomic E-state index is 12.4. The number of nitrogens with one attached hydrogen (secondary N) is 1. The van der Waals surface area contributed by atoms with Gasteiger partial charge in [0.05, 0.1) is 13.0 Å². The van der Waals surface area contributed by atoms with Gasteiger partial charge in [-0.3, -0.25) is 14.5 Å². The van der Waals surface area contributed by atoms with Crippen molar-refractivity contribution in [1.29, 1.82) is 0 Å². The Morgan fingerprint density at radius 3 is 2.30 bits per heavy atom. The zero-order valence-electron chi connectivity index (χ0n) is 15.9. The highest BCUT2D eigenvalue weighted by atomic mass is 16.2. The van der Waals surface area contributed by atoms with Crippen LogP contribution in [0.15, 0.2) is 54.6 Å². The van der Waals surface area contributed by atoms with Gasteiger partial charge < -0.3 is 10.2 Å². The summed E-state index contributed by atoms with van der Waals surface area (Å²) in [6.45, 7) is 6.26. The molecule has 1 heterocycles. The second kappa shape index (κ2) is 9.33. The number of nitrogens with zero attached hydrogens (tertiary/aromatic N) is 2. The monoisotopic (exact) mass is 365 g/mol. The molecule has 0 saturated carbocycles. The van der Waals surface area contributed by atoms with Crippen molar-refractivity contribution in [1.82, 2.24) is 15.1 Å². The average molecular weight is 365 g/mol. The highest BCUT2D eigenvalue weighted by molar-refractivity contribution is 5.85. The summed E-state index contributed by atoms with van der Waals surface area (Å²) in [7, 11) is 0. The number of hydrogen-bond donors (Lipinski definition) is 1. The molecule has 0 atom stereocenters.